The molecule has 0 saturated carbocycles. The van der Waals surface area contributed by atoms with E-state index >= 15 is 0 Å². The van der Waals surface area contributed by atoms with Crippen molar-refractivity contribution in [2.75, 3.05) is 23.4 Å². The predicted molar refractivity (Wildman–Crippen MR) is 100 cm³/mol. The van der Waals surface area contributed by atoms with Gasteiger partial charge in [-0.25, -0.2) is 0 Å². The predicted octanol–water partition coefficient (Wildman–Crippen LogP) is 3.34. The third-order valence-electron chi connectivity index (χ3n) is 3.68. The van der Waals surface area contributed by atoms with Gasteiger partial charge in [0.05, 0.1) is 18.2 Å². The molecule has 0 aliphatic rings. The second kappa shape index (κ2) is 9.23. The Labute approximate surface area is 153 Å². The minimum atomic E-state index is -0.225. The van der Waals surface area contributed by atoms with Crippen molar-refractivity contribution in [3.8, 4) is 11.8 Å². The van der Waals surface area contributed by atoms with Crippen molar-refractivity contribution in [3.05, 3.63) is 54.1 Å². The summed E-state index contributed by atoms with van der Waals surface area (Å²) in [5.74, 6) is 0.362. The summed E-state index contributed by atoms with van der Waals surface area (Å²) in [6, 6.07) is 15.9. The summed E-state index contributed by atoms with van der Waals surface area (Å²) >= 11 is 0. The first-order chi connectivity index (χ1) is 12.5. The van der Waals surface area contributed by atoms with Gasteiger partial charge in [0.25, 0.3) is 0 Å². The Morgan fingerprint density at radius 2 is 1.92 bits per heavy atom. The first-order valence-electron chi connectivity index (χ1n) is 8.34. The number of nitrogens with zero attached hydrogens (tertiary/aromatic N) is 2. The van der Waals surface area contributed by atoms with Crippen LogP contribution in [0.4, 0.5) is 11.4 Å². The van der Waals surface area contributed by atoms with Crippen molar-refractivity contribution < 1.29 is 14.3 Å². The molecular weight excluding hydrogens is 330 g/mol. The number of rotatable bonds is 7. The van der Waals surface area contributed by atoms with Gasteiger partial charge >= 0.3 is 0 Å². The number of carbonyl (C=O) groups is 2. The fourth-order valence-corrected chi connectivity index (χ4v) is 2.46. The normalized spacial score (nSPS) is 9.88. The van der Waals surface area contributed by atoms with Crippen LogP contribution in [-0.4, -0.2) is 25.0 Å². The van der Waals surface area contributed by atoms with E-state index in [-0.39, 0.29) is 24.8 Å². The highest BCUT2D eigenvalue weighted by atomic mass is 16.5. The molecule has 134 valence electrons. The van der Waals surface area contributed by atoms with Crippen LogP contribution in [-0.2, 0) is 9.59 Å². The Balaban J connectivity index is 1.98. The van der Waals surface area contributed by atoms with Crippen LogP contribution in [0.3, 0.4) is 0 Å². The first kappa shape index (κ1) is 19.0. The molecule has 1 N–H and O–H groups in total. The number of benzene rings is 2. The largest absolute Gasteiger partial charge is 0.494 e. The fourth-order valence-electron chi connectivity index (χ4n) is 2.46. The van der Waals surface area contributed by atoms with E-state index in [1.54, 1.807) is 53.4 Å². The molecular formula is C20H21N3O3. The molecule has 6 nitrogen and oxygen atoms in total. The number of nitriles is 1. The maximum Gasteiger partial charge on any atom is 0.226 e. The SMILES string of the molecule is CCOc1ccc(N(CCC(=O)Nc2cccc(C#N)c2)C(C)=O)cc1. The van der Waals surface area contributed by atoms with Crippen LogP contribution in [0, 0.1) is 11.3 Å². The van der Waals surface area contributed by atoms with E-state index in [9.17, 15) is 9.59 Å². The van der Waals surface area contributed by atoms with Crippen LogP contribution in [0.2, 0.25) is 0 Å². The number of nitrogens with one attached hydrogen (secondary N) is 1. The highest BCUT2D eigenvalue weighted by Crippen LogP contribution is 2.20. The molecule has 0 heterocycles. The van der Waals surface area contributed by atoms with Crippen LogP contribution in [0.25, 0.3) is 0 Å². The van der Waals surface area contributed by atoms with Gasteiger partial charge in [-0.05, 0) is 49.4 Å². The fraction of sp³-hybridized carbons (Fsp3) is 0.250. The average molecular weight is 351 g/mol. The Kier molecular flexibility index (Phi) is 6.75. The van der Waals surface area contributed by atoms with E-state index in [2.05, 4.69) is 5.32 Å². The Hall–Kier alpha value is -3.33. The third kappa shape index (κ3) is 5.35. The molecule has 2 rings (SSSR count). The average Bonchev–Trinajstić information content (AvgIpc) is 2.63. The van der Waals surface area contributed by atoms with Crippen molar-refractivity contribution in [2.24, 2.45) is 0 Å². The van der Waals surface area contributed by atoms with Crippen LogP contribution >= 0.6 is 0 Å². The summed E-state index contributed by atoms with van der Waals surface area (Å²) in [5.41, 5.74) is 1.74. The molecule has 2 amide bonds. The van der Waals surface area contributed by atoms with Crippen LogP contribution in [0.5, 0.6) is 5.75 Å². The highest BCUT2D eigenvalue weighted by Gasteiger charge is 2.14. The number of hydrogen-bond donors (Lipinski definition) is 1. The highest BCUT2D eigenvalue weighted by molar-refractivity contribution is 5.94. The van der Waals surface area contributed by atoms with E-state index in [1.807, 2.05) is 13.0 Å². The number of carbonyl (C=O) groups excluding carboxylic acids is 2. The van der Waals surface area contributed by atoms with Crippen LogP contribution < -0.4 is 15.0 Å². The van der Waals surface area contributed by atoms with Crippen molar-refractivity contribution in [1.29, 1.82) is 5.26 Å². The maximum absolute atomic E-state index is 12.2. The number of hydrogen-bond acceptors (Lipinski definition) is 4. The van der Waals surface area contributed by atoms with Crippen molar-refractivity contribution in [1.82, 2.24) is 0 Å². The Bertz CT molecular complexity index is 810. The molecule has 0 spiro atoms. The molecule has 0 unspecified atom stereocenters. The zero-order valence-electron chi connectivity index (χ0n) is 14.9. The quantitative estimate of drug-likeness (QED) is 0.829. The van der Waals surface area contributed by atoms with E-state index in [0.717, 1.165) is 5.75 Å². The second-order valence-electron chi connectivity index (χ2n) is 5.59. The molecule has 0 aliphatic carbocycles. The number of ether oxygens (including phenoxy) is 1. The molecule has 0 bridgehead atoms. The second-order valence-corrected chi connectivity index (χ2v) is 5.59. The van der Waals surface area contributed by atoms with E-state index in [1.165, 1.54) is 6.92 Å². The Morgan fingerprint density at radius 3 is 2.54 bits per heavy atom. The molecule has 0 aliphatic heterocycles. The lowest BCUT2D eigenvalue weighted by Gasteiger charge is -2.21. The summed E-state index contributed by atoms with van der Waals surface area (Å²) in [6.07, 6.45) is 0.142. The third-order valence-corrected chi connectivity index (χ3v) is 3.68. The van der Waals surface area contributed by atoms with Gasteiger partial charge in [0.2, 0.25) is 11.8 Å². The van der Waals surface area contributed by atoms with Crippen LogP contribution in [0.15, 0.2) is 48.5 Å². The summed E-state index contributed by atoms with van der Waals surface area (Å²) in [4.78, 5) is 25.6. The van der Waals surface area contributed by atoms with Gasteiger partial charge in [0.15, 0.2) is 0 Å². The van der Waals surface area contributed by atoms with Crippen LogP contribution in [0.1, 0.15) is 25.8 Å². The molecule has 0 fully saturated rings. The standard InChI is InChI=1S/C20H21N3O3/c1-3-26-19-9-7-18(8-10-19)23(15(2)24)12-11-20(25)22-17-6-4-5-16(13-17)14-21/h4-10,13H,3,11-12H2,1-2H3,(H,22,25). The van der Waals surface area contributed by atoms with Gasteiger partial charge in [-0.3, -0.25) is 9.59 Å². The molecule has 0 saturated heterocycles. The first-order valence-corrected chi connectivity index (χ1v) is 8.34. The maximum atomic E-state index is 12.2. The summed E-state index contributed by atoms with van der Waals surface area (Å²) in [5, 5.41) is 11.6. The van der Waals surface area contributed by atoms with Gasteiger partial charge < -0.3 is 15.0 Å². The zero-order chi connectivity index (χ0) is 18.9. The molecule has 0 radical (unpaired) electrons. The molecule has 2 aromatic rings. The lowest BCUT2D eigenvalue weighted by molar-refractivity contribution is -0.117. The smallest absolute Gasteiger partial charge is 0.226 e. The van der Waals surface area contributed by atoms with Gasteiger partial charge in [-0.2, -0.15) is 5.26 Å². The topological polar surface area (TPSA) is 82.4 Å². The lowest BCUT2D eigenvalue weighted by Crippen LogP contribution is -2.31. The zero-order valence-corrected chi connectivity index (χ0v) is 14.9. The minimum absolute atomic E-state index is 0.142. The molecule has 2 aromatic carbocycles. The number of anilines is 2. The molecule has 6 heteroatoms. The lowest BCUT2D eigenvalue weighted by atomic mass is 10.2. The number of amides is 2. The van der Waals surface area contributed by atoms with Gasteiger partial charge in [-0.15, -0.1) is 0 Å². The molecule has 0 aromatic heterocycles. The Morgan fingerprint density at radius 1 is 1.19 bits per heavy atom. The molecule has 0 atom stereocenters. The van der Waals surface area contributed by atoms with Gasteiger partial charge in [0.1, 0.15) is 5.75 Å². The summed E-state index contributed by atoms with van der Waals surface area (Å²) in [7, 11) is 0. The minimum Gasteiger partial charge on any atom is -0.494 e. The van der Waals surface area contributed by atoms with Gasteiger partial charge in [-0.1, -0.05) is 6.07 Å². The summed E-state index contributed by atoms with van der Waals surface area (Å²) < 4.78 is 5.39. The van der Waals surface area contributed by atoms with Gasteiger partial charge in [0, 0.05) is 31.3 Å². The van der Waals surface area contributed by atoms with Crippen molar-refractivity contribution >= 4 is 23.2 Å². The van der Waals surface area contributed by atoms with E-state index in [0.29, 0.717) is 23.5 Å². The monoisotopic (exact) mass is 351 g/mol. The van der Waals surface area contributed by atoms with Crippen molar-refractivity contribution in [3.63, 3.8) is 0 Å². The van der Waals surface area contributed by atoms with E-state index in [4.69, 9.17) is 10.00 Å². The molecule has 26 heavy (non-hydrogen) atoms. The van der Waals surface area contributed by atoms with Crippen molar-refractivity contribution in [2.45, 2.75) is 20.3 Å². The summed E-state index contributed by atoms with van der Waals surface area (Å²) in [6.45, 7) is 4.20. The van der Waals surface area contributed by atoms with E-state index < -0.39 is 0 Å².